The first-order valence-corrected chi connectivity index (χ1v) is 6.40. The van der Waals surface area contributed by atoms with Crippen molar-refractivity contribution >= 4 is 34.5 Å². The lowest BCUT2D eigenvalue weighted by Crippen LogP contribution is -2.08. The fraction of sp³-hybridized carbons (Fsp3) is 0.300. The lowest BCUT2D eigenvalue weighted by atomic mass is 10.2. The third-order valence-corrected chi connectivity index (χ3v) is 3.87. The number of hydrogen-bond acceptors (Lipinski definition) is 3. The first kappa shape index (κ1) is 11.9. The van der Waals surface area contributed by atoms with Crippen molar-refractivity contribution in [3.63, 3.8) is 0 Å². The molecule has 2 aromatic rings. The van der Waals surface area contributed by atoms with Crippen LogP contribution in [0.15, 0.2) is 17.6 Å². The summed E-state index contributed by atoms with van der Waals surface area (Å²) >= 11 is 13.2. The van der Waals surface area contributed by atoms with E-state index in [2.05, 4.69) is 5.10 Å². The SMILES string of the molecule is CCn1ncc(Cl)c1C(O)c1cc(Cl)cs1. The van der Waals surface area contributed by atoms with Crippen LogP contribution in [0.3, 0.4) is 0 Å². The van der Waals surface area contributed by atoms with Gasteiger partial charge in [0, 0.05) is 16.8 Å². The topological polar surface area (TPSA) is 38.0 Å². The predicted molar refractivity (Wildman–Crippen MR) is 66.3 cm³/mol. The molecule has 1 unspecified atom stereocenters. The molecule has 2 heterocycles. The van der Waals surface area contributed by atoms with Crippen LogP contribution in [0.4, 0.5) is 0 Å². The Hall–Kier alpha value is -0.550. The van der Waals surface area contributed by atoms with Crippen molar-refractivity contribution in [2.24, 2.45) is 0 Å². The van der Waals surface area contributed by atoms with Crippen LogP contribution in [-0.4, -0.2) is 14.9 Å². The van der Waals surface area contributed by atoms with Crippen LogP contribution in [0, 0.1) is 0 Å². The van der Waals surface area contributed by atoms with Crippen molar-refractivity contribution in [2.45, 2.75) is 19.6 Å². The molecule has 1 N–H and O–H groups in total. The van der Waals surface area contributed by atoms with Gasteiger partial charge in [-0.05, 0) is 13.0 Å². The molecule has 0 fully saturated rings. The molecule has 0 aromatic carbocycles. The largest absolute Gasteiger partial charge is 0.381 e. The fourth-order valence-electron chi connectivity index (χ4n) is 1.50. The van der Waals surface area contributed by atoms with Gasteiger partial charge >= 0.3 is 0 Å². The summed E-state index contributed by atoms with van der Waals surface area (Å²) in [6, 6.07) is 1.74. The average Bonchev–Trinajstić information content (AvgIpc) is 2.83. The van der Waals surface area contributed by atoms with Crippen molar-refractivity contribution in [2.75, 3.05) is 0 Å². The molecule has 3 nitrogen and oxygen atoms in total. The van der Waals surface area contributed by atoms with E-state index in [9.17, 15) is 5.11 Å². The van der Waals surface area contributed by atoms with E-state index in [-0.39, 0.29) is 0 Å². The lowest BCUT2D eigenvalue weighted by molar-refractivity contribution is 0.212. The molecule has 0 saturated heterocycles. The normalized spacial score (nSPS) is 13.0. The molecule has 1 atom stereocenters. The molecule has 6 heteroatoms. The van der Waals surface area contributed by atoms with E-state index >= 15 is 0 Å². The van der Waals surface area contributed by atoms with Crippen LogP contribution in [0.5, 0.6) is 0 Å². The summed E-state index contributed by atoms with van der Waals surface area (Å²) in [7, 11) is 0. The van der Waals surface area contributed by atoms with Crippen molar-refractivity contribution in [3.8, 4) is 0 Å². The summed E-state index contributed by atoms with van der Waals surface area (Å²) in [6.45, 7) is 2.61. The second-order valence-corrected chi connectivity index (χ2v) is 5.05. The van der Waals surface area contributed by atoms with Gasteiger partial charge in [-0.2, -0.15) is 5.10 Å². The van der Waals surface area contributed by atoms with Crippen LogP contribution in [0.2, 0.25) is 10.0 Å². The zero-order valence-electron chi connectivity index (χ0n) is 8.52. The van der Waals surface area contributed by atoms with E-state index < -0.39 is 6.10 Å². The molecular weight excluding hydrogens is 267 g/mol. The number of aromatic nitrogens is 2. The Balaban J connectivity index is 2.40. The van der Waals surface area contributed by atoms with E-state index in [1.165, 1.54) is 11.3 Å². The molecule has 0 saturated carbocycles. The molecule has 0 bridgehead atoms. The number of aryl methyl sites for hydroxylation is 1. The van der Waals surface area contributed by atoms with Gasteiger partial charge in [0.15, 0.2) is 0 Å². The quantitative estimate of drug-likeness (QED) is 0.934. The van der Waals surface area contributed by atoms with Gasteiger partial charge in [0.25, 0.3) is 0 Å². The average molecular weight is 277 g/mol. The Morgan fingerprint density at radius 1 is 1.56 bits per heavy atom. The molecule has 16 heavy (non-hydrogen) atoms. The maximum Gasteiger partial charge on any atom is 0.131 e. The minimum absolute atomic E-state index is 0.471. The summed E-state index contributed by atoms with van der Waals surface area (Å²) < 4.78 is 1.68. The number of aliphatic hydroxyl groups is 1. The number of aliphatic hydroxyl groups excluding tert-OH is 1. The van der Waals surface area contributed by atoms with Crippen molar-refractivity contribution < 1.29 is 5.11 Å². The second-order valence-electron chi connectivity index (χ2n) is 3.26. The highest BCUT2D eigenvalue weighted by Crippen LogP contribution is 2.33. The van der Waals surface area contributed by atoms with Crippen LogP contribution in [0.25, 0.3) is 0 Å². The standard InChI is InChI=1S/C10H10Cl2N2OS/c1-2-14-9(7(12)4-13-14)10(15)8-3-6(11)5-16-8/h3-5,10,15H,2H2,1H3. The highest BCUT2D eigenvalue weighted by molar-refractivity contribution is 7.10. The Labute approximate surface area is 107 Å². The van der Waals surface area contributed by atoms with Crippen LogP contribution in [-0.2, 0) is 6.54 Å². The van der Waals surface area contributed by atoms with Crippen LogP contribution < -0.4 is 0 Å². The summed E-state index contributed by atoms with van der Waals surface area (Å²) in [6.07, 6.45) is 0.770. The molecule has 2 rings (SSSR count). The van der Waals surface area contributed by atoms with Gasteiger partial charge in [-0.25, -0.2) is 0 Å². The Kier molecular flexibility index (Phi) is 3.54. The third-order valence-electron chi connectivity index (χ3n) is 2.25. The fourth-order valence-corrected chi connectivity index (χ4v) is 2.81. The first-order valence-electron chi connectivity index (χ1n) is 4.76. The van der Waals surface area contributed by atoms with Gasteiger partial charge in [0.1, 0.15) is 6.10 Å². The molecule has 0 amide bonds. The zero-order valence-corrected chi connectivity index (χ0v) is 10.9. The monoisotopic (exact) mass is 276 g/mol. The number of thiophene rings is 1. The van der Waals surface area contributed by atoms with Crippen molar-refractivity contribution in [3.05, 3.63) is 38.3 Å². The van der Waals surface area contributed by atoms with Gasteiger partial charge < -0.3 is 5.11 Å². The van der Waals surface area contributed by atoms with E-state index in [1.54, 1.807) is 22.3 Å². The highest BCUT2D eigenvalue weighted by atomic mass is 35.5. The molecule has 0 aliphatic rings. The predicted octanol–water partition coefficient (Wildman–Crippen LogP) is 3.35. The van der Waals surface area contributed by atoms with Gasteiger partial charge in [-0.3, -0.25) is 4.68 Å². The van der Waals surface area contributed by atoms with E-state index in [4.69, 9.17) is 23.2 Å². The van der Waals surface area contributed by atoms with Crippen LogP contribution in [0.1, 0.15) is 23.6 Å². The third kappa shape index (κ3) is 2.11. The number of halogens is 2. The van der Waals surface area contributed by atoms with Gasteiger partial charge in [0.2, 0.25) is 0 Å². The molecular formula is C10H10Cl2N2OS. The molecule has 86 valence electrons. The molecule has 0 aliphatic heterocycles. The number of rotatable bonds is 3. The Morgan fingerprint density at radius 3 is 2.88 bits per heavy atom. The zero-order chi connectivity index (χ0) is 11.7. The maximum atomic E-state index is 10.2. The summed E-state index contributed by atoms with van der Waals surface area (Å²) in [4.78, 5) is 0.766. The molecule has 0 radical (unpaired) electrons. The minimum Gasteiger partial charge on any atom is -0.381 e. The van der Waals surface area contributed by atoms with Gasteiger partial charge in [-0.15, -0.1) is 11.3 Å². The van der Waals surface area contributed by atoms with E-state index in [1.807, 2.05) is 6.92 Å². The maximum absolute atomic E-state index is 10.2. The number of hydrogen-bond donors (Lipinski definition) is 1. The molecule has 2 aromatic heterocycles. The van der Waals surface area contributed by atoms with E-state index in [0.717, 1.165) is 4.88 Å². The van der Waals surface area contributed by atoms with Crippen LogP contribution >= 0.6 is 34.5 Å². The highest BCUT2D eigenvalue weighted by Gasteiger charge is 2.20. The Morgan fingerprint density at radius 2 is 2.31 bits per heavy atom. The van der Waals surface area contributed by atoms with Crippen molar-refractivity contribution in [1.29, 1.82) is 0 Å². The van der Waals surface area contributed by atoms with E-state index in [0.29, 0.717) is 22.3 Å². The summed E-state index contributed by atoms with van der Waals surface area (Å²) in [5.41, 5.74) is 0.614. The Bertz CT molecular complexity index is 495. The van der Waals surface area contributed by atoms with Gasteiger partial charge in [-0.1, -0.05) is 23.2 Å². The van der Waals surface area contributed by atoms with Gasteiger partial charge in [0.05, 0.1) is 21.9 Å². The summed E-state index contributed by atoms with van der Waals surface area (Å²) in [5, 5.41) is 17.1. The molecule has 0 aliphatic carbocycles. The minimum atomic E-state index is -0.771. The van der Waals surface area contributed by atoms with Crippen molar-refractivity contribution in [1.82, 2.24) is 9.78 Å². The second kappa shape index (κ2) is 4.75. The first-order chi connectivity index (χ1) is 7.63. The lowest BCUT2D eigenvalue weighted by Gasteiger charge is -2.11. The molecule has 0 spiro atoms. The summed E-state index contributed by atoms with van der Waals surface area (Å²) in [5.74, 6) is 0. The number of nitrogens with zero attached hydrogens (tertiary/aromatic N) is 2. The smallest absolute Gasteiger partial charge is 0.131 e.